The van der Waals surface area contributed by atoms with Crippen LogP contribution < -0.4 is 11.1 Å². The number of thiazole rings is 1. The highest BCUT2D eigenvalue weighted by atomic mass is 32.1. The summed E-state index contributed by atoms with van der Waals surface area (Å²) in [6, 6.07) is 0.149. The van der Waals surface area contributed by atoms with Crippen molar-refractivity contribution in [2.45, 2.75) is 26.8 Å². The van der Waals surface area contributed by atoms with Crippen LogP contribution in [0.5, 0.6) is 0 Å². The fraction of sp³-hybridized carbons (Fsp3) is 0.667. The van der Waals surface area contributed by atoms with Gasteiger partial charge in [0.15, 0.2) is 5.13 Å². The van der Waals surface area contributed by atoms with Crippen molar-refractivity contribution >= 4 is 16.5 Å². The average Bonchev–Trinajstić information content (AvgIpc) is 2.50. The van der Waals surface area contributed by atoms with Crippen LogP contribution >= 0.6 is 11.3 Å². The number of nitrogens with zero attached hydrogens (tertiary/aromatic N) is 1. The van der Waals surface area contributed by atoms with Crippen molar-refractivity contribution in [1.29, 1.82) is 0 Å². The number of nitrogens with two attached hydrogens (primary N) is 1. The van der Waals surface area contributed by atoms with Crippen LogP contribution in [0, 0.1) is 5.41 Å². The van der Waals surface area contributed by atoms with Gasteiger partial charge in [-0.25, -0.2) is 4.98 Å². The third-order valence-corrected chi connectivity index (χ3v) is 2.75. The molecule has 74 valence electrons. The quantitative estimate of drug-likeness (QED) is 0.782. The van der Waals surface area contributed by atoms with Gasteiger partial charge in [-0.2, -0.15) is 0 Å². The van der Waals surface area contributed by atoms with Crippen LogP contribution in [0.15, 0.2) is 11.6 Å². The van der Waals surface area contributed by atoms with Crippen molar-refractivity contribution in [2.24, 2.45) is 11.1 Å². The molecule has 1 rings (SSSR count). The van der Waals surface area contributed by atoms with E-state index in [0.717, 1.165) is 11.7 Å². The first kappa shape index (κ1) is 10.5. The predicted octanol–water partition coefficient (Wildman–Crippen LogP) is 1.93. The largest absolute Gasteiger partial charge is 0.360 e. The SMILES string of the molecule is CC(C)(C)C(N)CNc1nccs1. The minimum absolute atomic E-state index is 0.143. The van der Waals surface area contributed by atoms with E-state index in [0.29, 0.717) is 0 Å². The first-order chi connectivity index (χ1) is 6.00. The zero-order valence-corrected chi connectivity index (χ0v) is 9.19. The minimum atomic E-state index is 0.143. The van der Waals surface area contributed by atoms with Gasteiger partial charge in [0.25, 0.3) is 0 Å². The standard InChI is InChI=1S/C9H17N3S/c1-9(2,3)7(10)6-12-8-11-4-5-13-8/h4-5,7H,6,10H2,1-3H3,(H,11,12). The zero-order valence-electron chi connectivity index (χ0n) is 8.37. The lowest BCUT2D eigenvalue weighted by Crippen LogP contribution is -2.40. The van der Waals surface area contributed by atoms with E-state index in [-0.39, 0.29) is 11.5 Å². The van der Waals surface area contributed by atoms with Crippen molar-refractivity contribution in [2.75, 3.05) is 11.9 Å². The van der Waals surface area contributed by atoms with Gasteiger partial charge >= 0.3 is 0 Å². The topological polar surface area (TPSA) is 50.9 Å². The van der Waals surface area contributed by atoms with Crippen LogP contribution in [0.25, 0.3) is 0 Å². The Hall–Kier alpha value is -0.610. The third kappa shape index (κ3) is 3.32. The van der Waals surface area contributed by atoms with E-state index in [9.17, 15) is 0 Å². The molecule has 0 spiro atoms. The van der Waals surface area contributed by atoms with Crippen LogP contribution in [-0.2, 0) is 0 Å². The minimum Gasteiger partial charge on any atom is -0.360 e. The monoisotopic (exact) mass is 199 g/mol. The maximum absolute atomic E-state index is 5.98. The summed E-state index contributed by atoms with van der Waals surface area (Å²) >= 11 is 1.60. The molecule has 0 aliphatic rings. The molecule has 0 bridgehead atoms. The summed E-state index contributed by atoms with van der Waals surface area (Å²) in [4.78, 5) is 4.12. The lowest BCUT2D eigenvalue weighted by atomic mass is 9.87. The fourth-order valence-corrected chi connectivity index (χ4v) is 1.35. The Morgan fingerprint density at radius 1 is 1.62 bits per heavy atom. The predicted molar refractivity (Wildman–Crippen MR) is 58.0 cm³/mol. The molecule has 4 heteroatoms. The molecule has 13 heavy (non-hydrogen) atoms. The summed E-state index contributed by atoms with van der Waals surface area (Å²) in [5.41, 5.74) is 6.12. The molecule has 3 nitrogen and oxygen atoms in total. The molecule has 0 saturated heterocycles. The molecule has 0 saturated carbocycles. The molecule has 0 amide bonds. The van der Waals surface area contributed by atoms with E-state index in [1.54, 1.807) is 17.5 Å². The van der Waals surface area contributed by atoms with Crippen molar-refractivity contribution in [3.05, 3.63) is 11.6 Å². The van der Waals surface area contributed by atoms with Crippen LogP contribution in [0.4, 0.5) is 5.13 Å². The van der Waals surface area contributed by atoms with Gasteiger partial charge in [0, 0.05) is 24.2 Å². The summed E-state index contributed by atoms with van der Waals surface area (Å²) in [6.45, 7) is 7.20. The third-order valence-electron chi connectivity index (χ3n) is 2.02. The molecular formula is C9H17N3S. The van der Waals surface area contributed by atoms with Gasteiger partial charge in [0.05, 0.1) is 0 Å². The molecule has 1 aromatic heterocycles. The van der Waals surface area contributed by atoms with Crippen molar-refractivity contribution in [3.63, 3.8) is 0 Å². The Bertz CT molecular complexity index is 238. The maximum Gasteiger partial charge on any atom is 0.182 e. The highest BCUT2D eigenvalue weighted by Gasteiger charge is 2.20. The first-order valence-electron chi connectivity index (χ1n) is 4.39. The molecule has 0 aliphatic heterocycles. The number of hydrogen-bond donors (Lipinski definition) is 2. The van der Waals surface area contributed by atoms with Crippen LogP contribution in [-0.4, -0.2) is 17.6 Å². The van der Waals surface area contributed by atoms with E-state index in [1.807, 2.05) is 5.38 Å². The number of nitrogens with one attached hydrogen (secondary N) is 1. The molecule has 3 N–H and O–H groups in total. The number of aromatic nitrogens is 1. The molecule has 1 heterocycles. The van der Waals surface area contributed by atoms with Crippen LogP contribution in [0.3, 0.4) is 0 Å². The van der Waals surface area contributed by atoms with Gasteiger partial charge < -0.3 is 11.1 Å². The molecule has 1 aromatic rings. The van der Waals surface area contributed by atoms with Gasteiger partial charge in [-0.15, -0.1) is 11.3 Å². The zero-order chi connectivity index (χ0) is 9.90. The number of anilines is 1. The average molecular weight is 199 g/mol. The van der Waals surface area contributed by atoms with Gasteiger partial charge in [-0.3, -0.25) is 0 Å². The molecule has 0 aliphatic carbocycles. The summed E-state index contributed by atoms with van der Waals surface area (Å²) in [7, 11) is 0. The fourth-order valence-electron chi connectivity index (χ4n) is 0.814. The number of hydrogen-bond acceptors (Lipinski definition) is 4. The molecular weight excluding hydrogens is 182 g/mol. The summed E-state index contributed by atoms with van der Waals surface area (Å²) in [6.07, 6.45) is 1.79. The van der Waals surface area contributed by atoms with E-state index in [4.69, 9.17) is 5.73 Å². The Kier molecular flexibility index (Phi) is 3.27. The van der Waals surface area contributed by atoms with Gasteiger partial charge in [0.2, 0.25) is 0 Å². The van der Waals surface area contributed by atoms with Gasteiger partial charge in [-0.1, -0.05) is 20.8 Å². The summed E-state index contributed by atoms with van der Waals surface area (Å²) in [5, 5.41) is 6.11. The maximum atomic E-state index is 5.98. The van der Waals surface area contributed by atoms with Crippen molar-refractivity contribution in [3.8, 4) is 0 Å². The van der Waals surface area contributed by atoms with Gasteiger partial charge in [-0.05, 0) is 5.41 Å². The second-order valence-corrected chi connectivity index (χ2v) is 5.09. The summed E-state index contributed by atoms with van der Waals surface area (Å²) in [5.74, 6) is 0. The Balaban J connectivity index is 2.35. The van der Waals surface area contributed by atoms with E-state index in [1.165, 1.54) is 0 Å². The lowest BCUT2D eigenvalue weighted by molar-refractivity contribution is 0.331. The highest BCUT2D eigenvalue weighted by Crippen LogP contribution is 2.18. The van der Waals surface area contributed by atoms with Crippen LogP contribution in [0.1, 0.15) is 20.8 Å². The Labute approximate surface area is 83.4 Å². The number of rotatable bonds is 3. The normalized spacial score (nSPS) is 14.2. The molecule has 0 radical (unpaired) electrons. The van der Waals surface area contributed by atoms with Gasteiger partial charge in [0.1, 0.15) is 0 Å². The molecule has 1 unspecified atom stereocenters. The second kappa shape index (κ2) is 4.07. The Morgan fingerprint density at radius 2 is 2.31 bits per heavy atom. The first-order valence-corrected chi connectivity index (χ1v) is 5.27. The smallest absolute Gasteiger partial charge is 0.182 e. The lowest BCUT2D eigenvalue weighted by Gasteiger charge is -2.26. The van der Waals surface area contributed by atoms with Crippen molar-refractivity contribution in [1.82, 2.24) is 4.98 Å². The Morgan fingerprint density at radius 3 is 2.77 bits per heavy atom. The van der Waals surface area contributed by atoms with E-state index in [2.05, 4.69) is 31.1 Å². The highest BCUT2D eigenvalue weighted by molar-refractivity contribution is 7.13. The second-order valence-electron chi connectivity index (χ2n) is 4.19. The van der Waals surface area contributed by atoms with E-state index >= 15 is 0 Å². The molecule has 0 fully saturated rings. The van der Waals surface area contributed by atoms with Crippen LogP contribution in [0.2, 0.25) is 0 Å². The van der Waals surface area contributed by atoms with Crippen molar-refractivity contribution < 1.29 is 0 Å². The summed E-state index contributed by atoms with van der Waals surface area (Å²) < 4.78 is 0. The van der Waals surface area contributed by atoms with E-state index < -0.39 is 0 Å². The molecule has 0 aromatic carbocycles. The molecule has 1 atom stereocenters.